The first-order valence-corrected chi connectivity index (χ1v) is 8.32. The summed E-state index contributed by atoms with van der Waals surface area (Å²) in [5.74, 6) is 0.657. The maximum Gasteiger partial charge on any atom is 0.227 e. The van der Waals surface area contributed by atoms with Gasteiger partial charge in [0.2, 0.25) is 5.89 Å². The second kappa shape index (κ2) is 5.60. The van der Waals surface area contributed by atoms with Crippen LogP contribution in [0.15, 0.2) is 95.4 Å². The number of rotatable bonds is 2. The van der Waals surface area contributed by atoms with E-state index in [1.54, 1.807) is 0 Å². The van der Waals surface area contributed by atoms with E-state index in [1.807, 2.05) is 18.2 Å². The maximum absolute atomic E-state index is 6.00. The molecule has 0 aliphatic carbocycles. The molecule has 0 amide bonds. The lowest BCUT2D eigenvalue weighted by atomic mass is 10.0. The molecule has 0 aliphatic rings. The Morgan fingerprint density at radius 2 is 1.16 bits per heavy atom. The van der Waals surface area contributed by atoms with Crippen molar-refractivity contribution in [1.29, 1.82) is 0 Å². The summed E-state index contributed by atoms with van der Waals surface area (Å²) < 4.78 is 6.00. The van der Waals surface area contributed by atoms with Crippen LogP contribution in [0.2, 0.25) is 0 Å². The Bertz CT molecular complexity index is 1120. The van der Waals surface area contributed by atoms with Crippen molar-refractivity contribution in [2.45, 2.75) is 0 Å². The van der Waals surface area contributed by atoms with Crippen molar-refractivity contribution in [3.8, 4) is 22.6 Å². The summed E-state index contributed by atoms with van der Waals surface area (Å²) in [7, 11) is 0. The van der Waals surface area contributed by atoms with Gasteiger partial charge in [0, 0.05) is 5.56 Å². The van der Waals surface area contributed by atoms with Crippen molar-refractivity contribution in [1.82, 2.24) is 4.98 Å². The van der Waals surface area contributed by atoms with E-state index in [0.29, 0.717) is 5.89 Å². The van der Waals surface area contributed by atoms with Gasteiger partial charge in [0.25, 0.3) is 0 Å². The topological polar surface area (TPSA) is 26.0 Å². The highest BCUT2D eigenvalue weighted by Crippen LogP contribution is 2.29. The molecule has 0 bridgehead atoms. The van der Waals surface area contributed by atoms with E-state index >= 15 is 0 Å². The molecular formula is C23H15NO. The van der Waals surface area contributed by atoms with Gasteiger partial charge in [-0.05, 0) is 46.2 Å². The molecule has 0 spiro atoms. The van der Waals surface area contributed by atoms with Crippen LogP contribution in [0.1, 0.15) is 0 Å². The van der Waals surface area contributed by atoms with Gasteiger partial charge in [-0.15, -0.1) is 0 Å². The van der Waals surface area contributed by atoms with Gasteiger partial charge in [-0.25, -0.2) is 4.98 Å². The zero-order chi connectivity index (χ0) is 16.6. The minimum absolute atomic E-state index is 0.657. The fraction of sp³-hybridized carbons (Fsp3) is 0. The van der Waals surface area contributed by atoms with Crippen LogP contribution in [-0.4, -0.2) is 4.98 Å². The predicted molar refractivity (Wildman–Crippen MR) is 102 cm³/mol. The second-order valence-corrected chi connectivity index (χ2v) is 6.13. The first kappa shape index (κ1) is 14.0. The minimum atomic E-state index is 0.657. The monoisotopic (exact) mass is 321 g/mol. The number of hydrogen-bond acceptors (Lipinski definition) is 2. The van der Waals surface area contributed by atoms with Crippen LogP contribution in [0, 0.1) is 0 Å². The smallest absolute Gasteiger partial charge is 0.227 e. The summed E-state index contributed by atoms with van der Waals surface area (Å²) >= 11 is 0. The summed E-state index contributed by atoms with van der Waals surface area (Å²) in [5.41, 5.74) is 5.09. The van der Waals surface area contributed by atoms with E-state index in [9.17, 15) is 0 Å². The second-order valence-electron chi connectivity index (χ2n) is 6.13. The average Bonchev–Trinajstić information content (AvgIpc) is 3.10. The van der Waals surface area contributed by atoms with E-state index in [1.165, 1.54) is 16.5 Å². The van der Waals surface area contributed by atoms with Crippen molar-refractivity contribution in [2.75, 3.05) is 0 Å². The van der Waals surface area contributed by atoms with Gasteiger partial charge in [0.05, 0.1) is 0 Å². The summed E-state index contributed by atoms with van der Waals surface area (Å²) in [4.78, 5) is 4.67. The third-order valence-electron chi connectivity index (χ3n) is 4.49. The number of hydrogen-bond donors (Lipinski definition) is 0. The molecule has 0 aliphatic heterocycles. The highest BCUT2D eigenvalue weighted by atomic mass is 16.3. The van der Waals surface area contributed by atoms with Crippen molar-refractivity contribution in [3.63, 3.8) is 0 Å². The highest BCUT2D eigenvalue weighted by molar-refractivity contribution is 5.94. The summed E-state index contributed by atoms with van der Waals surface area (Å²) in [5, 5.41) is 2.34. The van der Waals surface area contributed by atoms with Crippen molar-refractivity contribution < 1.29 is 4.42 Å². The third kappa shape index (κ3) is 2.48. The Hall–Kier alpha value is -3.39. The standard InChI is InChI=1S/C23H15NO/c1-2-6-16(7-3-1)17-10-12-18(13-11-17)23-24-21-14-19-8-4-5-9-20(19)15-22(21)25-23/h1-15H. The van der Waals surface area contributed by atoms with E-state index in [0.717, 1.165) is 22.0 Å². The van der Waals surface area contributed by atoms with Crippen molar-refractivity contribution in [2.24, 2.45) is 0 Å². The molecule has 1 aromatic heterocycles. The lowest BCUT2D eigenvalue weighted by Gasteiger charge is -2.02. The lowest BCUT2D eigenvalue weighted by molar-refractivity contribution is 0.620. The summed E-state index contributed by atoms with van der Waals surface area (Å²) in [6.07, 6.45) is 0. The number of benzene rings is 4. The highest BCUT2D eigenvalue weighted by Gasteiger charge is 2.09. The van der Waals surface area contributed by atoms with Crippen LogP contribution in [0.25, 0.3) is 44.5 Å². The first-order chi connectivity index (χ1) is 12.4. The lowest BCUT2D eigenvalue weighted by Crippen LogP contribution is -1.80. The summed E-state index contributed by atoms with van der Waals surface area (Å²) in [6, 6.07) is 31.1. The number of nitrogens with zero attached hydrogens (tertiary/aromatic N) is 1. The van der Waals surface area contributed by atoms with Crippen molar-refractivity contribution >= 4 is 21.9 Å². The molecule has 0 radical (unpaired) electrons. The van der Waals surface area contributed by atoms with Crippen LogP contribution in [0.3, 0.4) is 0 Å². The van der Waals surface area contributed by atoms with E-state index < -0.39 is 0 Å². The first-order valence-electron chi connectivity index (χ1n) is 8.32. The number of aromatic nitrogens is 1. The molecule has 0 unspecified atom stereocenters. The van der Waals surface area contributed by atoms with Gasteiger partial charge >= 0.3 is 0 Å². The molecule has 0 fully saturated rings. The normalized spacial score (nSPS) is 11.2. The molecule has 4 aromatic carbocycles. The van der Waals surface area contributed by atoms with Crippen LogP contribution in [0.5, 0.6) is 0 Å². The average molecular weight is 321 g/mol. The van der Waals surface area contributed by atoms with E-state index in [-0.39, 0.29) is 0 Å². The van der Waals surface area contributed by atoms with Crippen LogP contribution in [0.4, 0.5) is 0 Å². The molecule has 25 heavy (non-hydrogen) atoms. The molecule has 5 aromatic rings. The molecule has 1 heterocycles. The molecule has 2 heteroatoms. The third-order valence-corrected chi connectivity index (χ3v) is 4.49. The van der Waals surface area contributed by atoms with E-state index in [4.69, 9.17) is 4.42 Å². The largest absolute Gasteiger partial charge is 0.436 e. The molecular weight excluding hydrogens is 306 g/mol. The Morgan fingerprint density at radius 1 is 0.560 bits per heavy atom. The van der Waals surface area contributed by atoms with Gasteiger partial charge in [0.15, 0.2) is 5.58 Å². The SMILES string of the molecule is c1ccc(-c2ccc(-c3nc4cc5ccccc5cc4o3)cc2)cc1. The van der Waals surface area contributed by atoms with Gasteiger partial charge in [-0.1, -0.05) is 66.7 Å². The quantitative estimate of drug-likeness (QED) is 0.380. The molecule has 5 rings (SSSR count). The maximum atomic E-state index is 6.00. The molecule has 0 atom stereocenters. The van der Waals surface area contributed by atoms with Gasteiger partial charge in [0.1, 0.15) is 5.52 Å². The minimum Gasteiger partial charge on any atom is -0.436 e. The zero-order valence-electron chi connectivity index (χ0n) is 13.5. The number of oxazole rings is 1. The fourth-order valence-corrected chi connectivity index (χ4v) is 3.17. The van der Waals surface area contributed by atoms with Gasteiger partial charge < -0.3 is 4.42 Å². The van der Waals surface area contributed by atoms with Crippen LogP contribution in [-0.2, 0) is 0 Å². The van der Waals surface area contributed by atoms with Crippen LogP contribution < -0.4 is 0 Å². The molecule has 0 saturated heterocycles. The molecule has 118 valence electrons. The van der Waals surface area contributed by atoms with Gasteiger partial charge in [-0.3, -0.25) is 0 Å². The predicted octanol–water partition coefficient (Wildman–Crippen LogP) is 6.32. The molecule has 0 N–H and O–H groups in total. The van der Waals surface area contributed by atoms with Crippen LogP contribution >= 0.6 is 0 Å². The number of fused-ring (bicyclic) bond motifs is 2. The van der Waals surface area contributed by atoms with Crippen molar-refractivity contribution in [3.05, 3.63) is 91.0 Å². The van der Waals surface area contributed by atoms with Gasteiger partial charge in [-0.2, -0.15) is 0 Å². The zero-order valence-corrected chi connectivity index (χ0v) is 13.5. The Morgan fingerprint density at radius 3 is 1.92 bits per heavy atom. The summed E-state index contributed by atoms with van der Waals surface area (Å²) in [6.45, 7) is 0. The molecule has 0 saturated carbocycles. The van der Waals surface area contributed by atoms with E-state index in [2.05, 4.69) is 77.8 Å². The Labute approximate surface area is 145 Å². The Balaban J connectivity index is 1.57. The fourth-order valence-electron chi connectivity index (χ4n) is 3.17. The Kier molecular flexibility index (Phi) is 3.14. The molecule has 2 nitrogen and oxygen atoms in total.